The summed E-state index contributed by atoms with van der Waals surface area (Å²) in [6.07, 6.45) is 4.84. The fourth-order valence-corrected chi connectivity index (χ4v) is 1.41. The molecule has 0 aliphatic heterocycles. The summed E-state index contributed by atoms with van der Waals surface area (Å²) in [5.41, 5.74) is 0. The number of nitrogens with zero attached hydrogens (tertiary/aromatic N) is 1. The third kappa shape index (κ3) is 4.98. The molecular formula is C12H22N2O. The van der Waals surface area contributed by atoms with E-state index in [2.05, 4.69) is 31.1 Å². The van der Waals surface area contributed by atoms with E-state index in [4.69, 9.17) is 4.42 Å². The SMILES string of the molecule is CCCc1cnc(CCNCC(C)C)o1. The summed E-state index contributed by atoms with van der Waals surface area (Å²) in [5.74, 6) is 2.57. The first kappa shape index (κ1) is 12.2. The Balaban J connectivity index is 2.19. The van der Waals surface area contributed by atoms with Crippen LogP contribution in [0.15, 0.2) is 10.6 Å². The van der Waals surface area contributed by atoms with E-state index in [9.17, 15) is 0 Å². The summed E-state index contributed by atoms with van der Waals surface area (Å²) < 4.78 is 5.58. The third-order valence-electron chi connectivity index (χ3n) is 2.17. The highest BCUT2D eigenvalue weighted by Crippen LogP contribution is 2.06. The minimum atomic E-state index is 0.699. The molecule has 0 saturated heterocycles. The molecule has 0 amide bonds. The second kappa shape index (κ2) is 6.62. The van der Waals surface area contributed by atoms with Crippen LogP contribution >= 0.6 is 0 Å². The van der Waals surface area contributed by atoms with Gasteiger partial charge in [-0.25, -0.2) is 4.98 Å². The van der Waals surface area contributed by atoms with Gasteiger partial charge in [-0.05, 0) is 18.9 Å². The molecule has 0 unspecified atom stereocenters. The Morgan fingerprint density at radius 1 is 1.40 bits per heavy atom. The average Bonchev–Trinajstić information content (AvgIpc) is 2.61. The lowest BCUT2D eigenvalue weighted by molar-refractivity contribution is 0.442. The summed E-state index contributed by atoms with van der Waals surface area (Å²) in [7, 11) is 0. The van der Waals surface area contributed by atoms with Gasteiger partial charge in [-0.1, -0.05) is 20.8 Å². The van der Waals surface area contributed by atoms with E-state index in [-0.39, 0.29) is 0 Å². The molecule has 0 bridgehead atoms. The Kier molecular flexibility index (Phi) is 5.40. The topological polar surface area (TPSA) is 38.1 Å². The average molecular weight is 210 g/mol. The fraction of sp³-hybridized carbons (Fsp3) is 0.750. The van der Waals surface area contributed by atoms with Crippen molar-refractivity contribution in [2.75, 3.05) is 13.1 Å². The van der Waals surface area contributed by atoms with Gasteiger partial charge in [-0.3, -0.25) is 0 Å². The van der Waals surface area contributed by atoms with Crippen molar-refractivity contribution in [3.63, 3.8) is 0 Å². The van der Waals surface area contributed by atoms with Crippen LogP contribution in [0, 0.1) is 5.92 Å². The first-order chi connectivity index (χ1) is 7.22. The first-order valence-electron chi connectivity index (χ1n) is 5.86. The fourth-order valence-electron chi connectivity index (χ4n) is 1.41. The van der Waals surface area contributed by atoms with Crippen molar-refractivity contribution in [3.05, 3.63) is 17.8 Å². The Bertz CT molecular complexity index is 268. The van der Waals surface area contributed by atoms with Crippen LogP contribution in [0.2, 0.25) is 0 Å². The monoisotopic (exact) mass is 210 g/mol. The molecule has 1 aromatic rings. The number of oxazole rings is 1. The second-order valence-electron chi connectivity index (χ2n) is 4.32. The maximum Gasteiger partial charge on any atom is 0.195 e. The Labute approximate surface area is 92.3 Å². The van der Waals surface area contributed by atoms with Gasteiger partial charge in [0.25, 0.3) is 0 Å². The van der Waals surface area contributed by atoms with Crippen LogP contribution < -0.4 is 5.32 Å². The summed E-state index contributed by atoms with van der Waals surface area (Å²) >= 11 is 0. The van der Waals surface area contributed by atoms with Crippen molar-refractivity contribution >= 4 is 0 Å². The van der Waals surface area contributed by atoms with Gasteiger partial charge in [0.2, 0.25) is 0 Å². The molecule has 0 aliphatic rings. The quantitative estimate of drug-likeness (QED) is 0.702. The van der Waals surface area contributed by atoms with E-state index >= 15 is 0 Å². The number of aryl methyl sites for hydroxylation is 1. The Morgan fingerprint density at radius 3 is 2.87 bits per heavy atom. The van der Waals surface area contributed by atoms with Crippen molar-refractivity contribution in [1.29, 1.82) is 0 Å². The lowest BCUT2D eigenvalue weighted by Gasteiger charge is -2.05. The molecule has 3 heteroatoms. The van der Waals surface area contributed by atoms with Crippen LogP contribution in [0.25, 0.3) is 0 Å². The highest BCUT2D eigenvalue weighted by atomic mass is 16.4. The minimum absolute atomic E-state index is 0.699. The summed E-state index contributed by atoms with van der Waals surface area (Å²) in [6, 6.07) is 0. The zero-order valence-corrected chi connectivity index (χ0v) is 10.0. The van der Waals surface area contributed by atoms with Gasteiger partial charge in [0.15, 0.2) is 5.89 Å². The van der Waals surface area contributed by atoms with Crippen LogP contribution in [0.5, 0.6) is 0 Å². The van der Waals surface area contributed by atoms with Crippen molar-refractivity contribution in [3.8, 4) is 0 Å². The lowest BCUT2D eigenvalue weighted by Crippen LogP contribution is -2.22. The van der Waals surface area contributed by atoms with Gasteiger partial charge < -0.3 is 9.73 Å². The molecule has 1 rings (SSSR count). The number of nitrogens with one attached hydrogen (secondary N) is 1. The van der Waals surface area contributed by atoms with Crippen molar-refractivity contribution in [2.24, 2.45) is 5.92 Å². The maximum absolute atomic E-state index is 5.58. The largest absolute Gasteiger partial charge is 0.446 e. The molecular weight excluding hydrogens is 188 g/mol. The van der Waals surface area contributed by atoms with E-state index in [1.54, 1.807) is 0 Å². The standard InChI is InChI=1S/C12H22N2O/c1-4-5-11-9-14-12(15-11)6-7-13-8-10(2)3/h9-10,13H,4-8H2,1-3H3. The van der Waals surface area contributed by atoms with E-state index in [0.717, 1.165) is 44.0 Å². The predicted octanol–water partition coefficient (Wildman–Crippen LogP) is 2.42. The molecule has 86 valence electrons. The van der Waals surface area contributed by atoms with E-state index in [1.807, 2.05) is 6.20 Å². The molecule has 1 heterocycles. The van der Waals surface area contributed by atoms with Gasteiger partial charge in [0.1, 0.15) is 5.76 Å². The zero-order valence-electron chi connectivity index (χ0n) is 10.0. The number of aromatic nitrogens is 1. The molecule has 0 fully saturated rings. The predicted molar refractivity (Wildman–Crippen MR) is 61.9 cm³/mol. The molecule has 3 nitrogen and oxygen atoms in total. The Morgan fingerprint density at radius 2 is 2.20 bits per heavy atom. The van der Waals surface area contributed by atoms with Crippen LogP contribution in [0.4, 0.5) is 0 Å². The molecule has 0 spiro atoms. The van der Waals surface area contributed by atoms with Crippen molar-refractivity contribution in [2.45, 2.75) is 40.0 Å². The number of rotatable bonds is 7. The second-order valence-corrected chi connectivity index (χ2v) is 4.32. The minimum Gasteiger partial charge on any atom is -0.446 e. The van der Waals surface area contributed by atoms with Crippen LogP contribution in [-0.2, 0) is 12.8 Å². The van der Waals surface area contributed by atoms with Gasteiger partial charge in [-0.2, -0.15) is 0 Å². The van der Waals surface area contributed by atoms with Gasteiger partial charge >= 0.3 is 0 Å². The lowest BCUT2D eigenvalue weighted by atomic mass is 10.2. The molecule has 1 aromatic heterocycles. The van der Waals surface area contributed by atoms with Gasteiger partial charge in [-0.15, -0.1) is 0 Å². The molecule has 0 saturated carbocycles. The van der Waals surface area contributed by atoms with Gasteiger partial charge in [0.05, 0.1) is 6.20 Å². The van der Waals surface area contributed by atoms with Crippen LogP contribution in [0.1, 0.15) is 38.8 Å². The highest BCUT2D eigenvalue weighted by molar-refractivity contribution is 4.94. The number of hydrogen-bond acceptors (Lipinski definition) is 3. The molecule has 15 heavy (non-hydrogen) atoms. The molecule has 0 aromatic carbocycles. The summed E-state index contributed by atoms with van der Waals surface area (Å²) in [4.78, 5) is 4.24. The number of hydrogen-bond donors (Lipinski definition) is 1. The molecule has 0 radical (unpaired) electrons. The highest BCUT2D eigenvalue weighted by Gasteiger charge is 2.02. The van der Waals surface area contributed by atoms with Crippen molar-refractivity contribution in [1.82, 2.24) is 10.3 Å². The van der Waals surface area contributed by atoms with Gasteiger partial charge in [0, 0.05) is 19.4 Å². The normalized spacial score (nSPS) is 11.2. The smallest absolute Gasteiger partial charge is 0.195 e. The zero-order chi connectivity index (χ0) is 11.1. The van der Waals surface area contributed by atoms with Crippen LogP contribution in [-0.4, -0.2) is 18.1 Å². The van der Waals surface area contributed by atoms with E-state index in [0.29, 0.717) is 5.92 Å². The van der Waals surface area contributed by atoms with Crippen molar-refractivity contribution < 1.29 is 4.42 Å². The molecule has 0 aliphatic carbocycles. The van der Waals surface area contributed by atoms with E-state index in [1.165, 1.54) is 0 Å². The van der Waals surface area contributed by atoms with E-state index < -0.39 is 0 Å². The maximum atomic E-state index is 5.58. The van der Waals surface area contributed by atoms with Crippen LogP contribution in [0.3, 0.4) is 0 Å². The Hall–Kier alpha value is -0.830. The molecule has 1 N–H and O–H groups in total. The summed E-state index contributed by atoms with van der Waals surface area (Å²) in [5, 5.41) is 3.37. The summed E-state index contributed by atoms with van der Waals surface area (Å²) in [6.45, 7) is 8.56. The third-order valence-corrected chi connectivity index (χ3v) is 2.17. The first-order valence-corrected chi connectivity index (χ1v) is 5.86. The molecule has 0 atom stereocenters.